The Hall–Kier alpha value is -1.81. The van der Waals surface area contributed by atoms with E-state index in [0.29, 0.717) is 11.5 Å². The summed E-state index contributed by atoms with van der Waals surface area (Å²) in [6.45, 7) is 5.26. The summed E-state index contributed by atoms with van der Waals surface area (Å²) in [5.41, 5.74) is -2.20. The lowest BCUT2D eigenvalue weighted by atomic mass is 9.76. The van der Waals surface area contributed by atoms with E-state index in [1.165, 1.54) is 0 Å². The van der Waals surface area contributed by atoms with Crippen LogP contribution in [0.1, 0.15) is 44.1 Å². The summed E-state index contributed by atoms with van der Waals surface area (Å²) in [5.74, 6) is 0.406. The van der Waals surface area contributed by atoms with Crippen molar-refractivity contribution in [2.75, 3.05) is 0 Å². The second-order valence-corrected chi connectivity index (χ2v) is 6.18. The topological polar surface area (TPSA) is 63.6 Å². The van der Waals surface area contributed by atoms with Gasteiger partial charge in [0.1, 0.15) is 17.1 Å². The van der Waals surface area contributed by atoms with Gasteiger partial charge < -0.3 is 13.9 Å². The van der Waals surface area contributed by atoms with Crippen LogP contribution in [0.25, 0.3) is 0 Å². The molecule has 4 nitrogen and oxygen atoms in total. The van der Waals surface area contributed by atoms with Gasteiger partial charge in [0.05, 0.1) is 18.4 Å². The van der Waals surface area contributed by atoms with E-state index in [1.54, 1.807) is 37.6 Å². The Morgan fingerprint density at radius 1 is 1.00 bits per heavy atom. The van der Waals surface area contributed by atoms with Gasteiger partial charge in [-0.05, 0) is 31.2 Å². The number of rotatable bonds is 2. The Morgan fingerprint density at radius 2 is 1.50 bits per heavy atom. The molecule has 2 aromatic heterocycles. The van der Waals surface area contributed by atoms with Gasteiger partial charge in [0.25, 0.3) is 0 Å². The lowest BCUT2D eigenvalue weighted by molar-refractivity contribution is -0.139. The zero-order valence-corrected chi connectivity index (χ0v) is 11.8. The molecule has 0 bridgehead atoms. The van der Waals surface area contributed by atoms with E-state index in [2.05, 4.69) is 0 Å². The fourth-order valence-electron chi connectivity index (χ4n) is 3.57. The Bertz CT molecular complexity index is 551. The van der Waals surface area contributed by atoms with Crippen LogP contribution in [0.15, 0.2) is 45.6 Å². The lowest BCUT2D eigenvalue weighted by Gasteiger charge is -2.27. The normalized spacial score (nSPS) is 32.7. The average Bonchev–Trinajstić information content (AvgIpc) is 3.07. The molecule has 0 amide bonds. The van der Waals surface area contributed by atoms with Crippen molar-refractivity contribution in [1.29, 1.82) is 0 Å². The standard InChI is InChI=1S/C16H18O4/c1-15(2)12(10-6-4-8-19-10)13(11-7-5-9-20-11)16(3,18)14(15)17/h4-9,12-13,18H,1-3H3/t12-,13-,16-/m1/s1. The number of Topliss-reactive ketones (excluding diaryl/α,β-unsaturated/α-hetero) is 1. The first-order chi connectivity index (χ1) is 9.37. The Balaban J connectivity index is 2.19. The molecular formula is C16H18O4. The van der Waals surface area contributed by atoms with Gasteiger partial charge in [0.15, 0.2) is 5.78 Å². The third-order valence-corrected chi connectivity index (χ3v) is 4.46. The Kier molecular flexibility index (Phi) is 2.70. The molecule has 0 saturated heterocycles. The molecule has 3 atom stereocenters. The highest BCUT2D eigenvalue weighted by molar-refractivity contribution is 5.96. The first kappa shape index (κ1) is 13.2. The van der Waals surface area contributed by atoms with Crippen molar-refractivity contribution in [2.45, 2.75) is 38.2 Å². The van der Waals surface area contributed by atoms with E-state index in [1.807, 2.05) is 19.9 Å². The van der Waals surface area contributed by atoms with Crippen molar-refractivity contribution in [2.24, 2.45) is 5.41 Å². The summed E-state index contributed by atoms with van der Waals surface area (Å²) in [6.07, 6.45) is 3.14. The van der Waals surface area contributed by atoms with Crippen molar-refractivity contribution < 1.29 is 18.7 Å². The zero-order chi connectivity index (χ0) is 14.5. The van der Waals surface area contributed by atoms with Gasteiger partial charge in [-0.15, -0.1) is 0 Å². The minimum absolute atomic E-state index is 0.187. The van der Waals surface area contributed by atoms with Gasteiger partial charge in [-0.1, -0.05) is 13.8 Å². The Morgan fingerprint density at radius 3 is 1.95 bits per heavy atom. The van der Waals surface area contributed by atoms with Gasteiger partial charge in [0, 0.05) is 11.3 Å². The first-order valence-corrected chi connectivity index (χ1v) is 6.71. The summed E-state index contributed by atoms with van der Waals surface area (Å²) in [4.78, 5) is 12.6. The minimum atomic E-state index is -1.47. The maximum absolute atomic E-state index is 12.6. The number of carbonyl (C=O) groups excluding carboxylic acids is 1. The quantitative estimate of drug-likeness (QED) is 0.914. The van der Waals surface area contributed by atoms with Crippen LogP contribution in [0.2, 0.25) is 0 Å². The van der Waals surface area contributed by atoms with E-state index < -0.39 is 16.9 Å². The summed E-state index contributed by atoms with van der Waals surface area (Å²) in [5, 5.41) is 10.7. The maximum Gasteiger partial charge on any atom is 0.171 e. The van der Waals surface area contributed by atoms with Gasteiger partial charge in [-0.3, -0.25) is 4.79 Å². The van der Waals surface area contributed by atoms with Gasteiger partial charge in [-0.2, -0.15) is 0 Å². The number of carbonyl (C=O) groups is 1. The molecule has 1 N–H and O–H groups in total. The highest BCUT2D eigenvalue weighted by atomic mass is 16.3. The molecule has 2 heterocycles. The fourth-order valence-corrected chi connectivity index (χ4v) is 3.57. The van der Waals surface area contributed by atoms with E-state index in [-0.39, 0.29) is 11.7 Å². The monoisotopic (exact) mass is 274 g/mol. The molecule has 0 aliphatic heterocycles. The van der Waals surface area contributed by atoms with Crippen molar-refractivity contribution in [3.05, 3.63) is 48.3 Å². The van der Waals surface area contributed by atoms with E-state index in [4.69, 9.17) is 8.83 Å². The highest BCUT2D eigenvalue weighted by Gasteiger charge is 2.63. The van der Waals surface area contributed by atoms with Crippen molar-refractivity contribution >= 4 is 5.78 Å². The Labute approximate surface area is 117 Å². The molecule has 2 aromatic rings. The SMILES string of the molecule is CC1(C)C(=O)[C@](C)(O)[C@H](c2ccco2)[C@H]1c1ccco1. The zero-order valence-electron chi connectivity index (χ0n) is 11.8. The second-order valence-electron chi connectivity index (χ2n) is 6.18. The third kappa shape index (κ3) is 1.61. The second kappa shape index (κ2) is 4.09. The number of hydrogen-bond donors (Lipinski definition) is 1. The smallest absolute Gasteiger partial charge is 0.171 e. The molecule has 0 unspecified atom stereocenters. The predicted molar refractivity (Wildman–Crippen MR) is 72.3 cm³/mol. The molecule has 0 radical (unpaired) electrons. The van der Waals surface area contributed by atoms with Gasteiger partial charge >= 0.3 is 0 Å². The minimum Gasteiger partial charge on any atom is -0.469 e. The number of furan rings is 2. The van der Waals surface area contributed by atoms with Crippen LogP contribution in [-0.2, 0) is 4.79 Å². The summed E-state index contributed by atoms with van der Waals surface area (Å²) < 4.78 is 11.0. The molecule has 1 fully saturated rings. The van der Waals surface area contributed by atoms with Gasteiger partial charge in [0.2, 0.25) is 0 Å². The molecule has 3 rings (SSSR count). The van der Waals surface area contributed by atoms with E-state index in [0.717, 1.165) is 0 Å². The number of aliphatic hydroxyl groups is 1. The van der Waals surface area contributed by atoms with Crippen LogP contribution in [0.3, 0.4) is 0 Å². The predicted octanol–water partition coefficient (Wildman–Crippen LogP) is 3.10. The molecule has 4 heteroatoms. The van der Waals surface area contributed by atoms with E-state index in [9.17, 15) is 9.90 Å². The van der Waals surface area contributed by atoms with Crippen LogP contribution in [0.5, 0.6) is 0 Å². The fraction of sp³-hybridized carbons (Fsp3) is 0.438. The molecular weight excluding hydrogens is 256 g/mol. The van der Waals surface area contributed by atoms with Crippen molar-refractivity contribution in [3.63, 3.8) is 0 Å². The summed E-state index contributed by atoms with van der Waals surface area (Å²) in [6, 6.07) is 7.20. The largest absolute Gasteiger partial charge is 0.469 e. The molecule has 0 aromatic carbocycles. The highest BCUT2D eigenvalue weighted by Crippen LogP contribution is 2.58. The molecule has 1 saturated carbocycles. The lowest BCUT2D eigenvalue weighted by Crippen LogP contribution is -2.38. The van der Waals surface area contributed by atoms with Crippen LogP contribution < -0.4 is 0 Å². The summed E-state index contributed by atoms with van der Waals surface area (Å²) >= 11 is 0. The molecule has 1 aliphatic carbocycles. The maximum atomic E-state index is 12.6. The van der Waals surface area contributed by atoms with Crippen LogP contribution in [0.4, 0.5) is 0 Å². The molecule has 0 spiro atoms. The van der Waals surface area contributed by atoms with Crippen LogP contribution in [-0.4, -0.2) is 16.5 Å². The summed E-state index contributed by atoms with van der Waals surface area (Å²) in [7, 11) is 0. The van der Waals surface area contributed by atoms with Crippen molar-refractivity contribution in [1.82, 2.24) is 0 Å². The molecule has 20 heavy (non-hydrogen) atoms. The number of ketones is 1. The van der Waals surface area contributed by atoms with E-state index >= 15 is 0 Å². The molecule has 106 valence electrons. The van der Waals surface area contributed by atoms with Crippen molar-refractivity contribution in [3.8, 4) is 0 Å². The first-order valence-electron chi connectivity index (χ1n) is 6.71. The molecule has 1 aliphatic rings. The number of hydrogen-bond acceptors (Lipinski definition) is 4. The van der Waals surface area contributed by atoms with Crippen LogP contribution in [0, 0.1) is 5.41 Å². The van der Waals surface area contributed by atoms with Gasteiger partial charge in [-0.25, -0.2) is 0 Å². The average molecular weight is 274 g/mol. The third-order valence-electron chi connectivity index (χ3n) is 4.46. The van der Waals surface area contributed by atoms with Crippen LogP contribution >= 0.6 is 0 Å².